The molecule has 0 spiro atoms. The van der Waals surface area contributed by atoms with E-state index in [1.54, 1.807) is 36.5 Å². The highest BCUT2D eigenvalue weighted by Crippen LogP contribution is 2.17. The highest BCUT2D eigenvalue weighted by Gasteiger charge is 2.16. The van der Waals surface area contributed by atoms with Crippen LogP contribution in [-0.2, 0) is 14.3 Å². The summed E-state index contributed by atoms with van der Waals surface area (Å²) in [5.74, 6) is -1.12. The summed E-state index contributed by atoms with van der Waals surface area (Å²) in [5.41, 5.74) is 2.44. The van der Waals surface area contributed by atoms with E-state index in [4.69, 9.17) is 10.00 Å². The fraction of sp³-hybridized carbons (Fsp3) is 0.0909. The van der Waals surface area contributed by atoms with Crippen LogP contribution in [0.2, 0.25) is 0 Å². The van der Waals surface area contributed by atoms with Crippen molar-refractivity contribution in [2.24, 2.45) is 0 Å². The number of carbonyl (C=O) groups excluding carboxylic acids is 2. The van der Waals surface area contributed by atoms with E-state index in [-0.39, 0.29) is 0 Å². The van der Waals surface area contributed by atoms with Crippen molar-refractivity contribution in [3.05, 3.63) is 78.0 Å². The van der Waals surface area contributed by atoms with E-state index < -0.39 is 18.0 Å². The van der Waals surface area contributed by atoms with E-state index in [9.17, 15) is 9.59 Å². The summed E-state index contributed by atoms with van der Waals surface area (Å²) in [4.78, 5) is 28.6. The molecule has 1 atom stereocenters. The number of carbonyl (C=O) groups is 2. The number of amides is 1. The molecular formula is C22H17N3O3. The lowest BCUT2D eigenvalue weighted by Crippen LogP contribution is -2.29. The molecule has 0 radical (unpaired) electrons. The van der Waals surface area contributed by atoms with Gasteiger partial charge in [0.15, 0.2) is 6.10 Å². The van der Waals surface area contributed by atoms with Gasteiger partial charge in [-0.05, 0) is 37.3 Å². The third-order valence-corrected chi connectivity index (χ3v) is 3.98. The van der Waals surface area contributed by atoms with Gasteiger partial charge in [-0.25, -0.2) is 4.79 Å². The smallest absolute Gasteiger partial charge is 0.331 e. The lowest BCUT2D eigenvalue weighted by atomic mass is 10.1. The summed E-state index contributed by atoms with van der Waals surface area (Å²) in [7, 11) is 0. The van der Waals surface area contributed by atoms with Crippen molar-refractivity contribution in [2.45, 2.75) is 13.0 Å². The van der Waals surface area contributed by atoms with E-state index in [0.717, 1.165) is 16.5 Å². The van der Waals surface area contributed by atoms with Gasteiger partial charge in [0.1, 0.15) is 0 Å². The zero-order chi connectivity index (χ0) is 19.9. The summed E-state index contributed by atoms with van der Waals surface area (Å²) >= 11 is 0. The molecule has 1 heterocycles. The second-order valence-electron chi connectivity index (χ2n) is 6.02. The second kappa shape index (κ2) is 8.60. The Labute approximate surface area is 162 Å². The standard InChI is InChI=1S/C22H17N3O3/c1-15(22(27)25-19-9-2-5-16(13-19)14-23)28-20(26)11-10-18-7-3-6-17-8-4-12-24-21(17)18/h2-13,15H,1H3,(H,25,27)/b11-10-/t15-/m1/s1. The van der Waals surface area contributed by atoms with E-state index >= 15 is 0 Å². The van der Waals surface area contributed by atoms with Crippen LogP contribution in [0.4, 0.5) is 5.69 Å². The quantitative estimate of drug-likeness (QED) is 0.545. The maximum Gasteiger partial charge on any atom is 0.331 e. The number of para-hydroxylation sites is 1. The molecule has 1 aromatic heterocycles. The number of nitriles is 1. The molecule has 0 unspecified atom stereocenters. The number of hydrogen-bond donors (Lipinski definition) is 1. The van der Waals surface area contributed by atoms with Crippen molar-refractivity contribution in [1.29, 1.82) is 5.26 Å². The lowest BCUT2D eigenvalue weighted by molar-refractivity contribution is -0.148. The normalized spacial score (nSPS) is 11.7. The van der Waals surface area contributed by atoms with Crippen molar-refractivity contribution >= 4 is 34.5 Å². The van der Waals surface area contributed by atoms with E-state index in [0.29, 0.717) is 11.3 Å². The largest absolute Gasteiger partial charge is 0.449 e. The van der Waals surface area contributed by atoms with E-state index in [1.165, 1.54) is 13.0 Å². The van der Waals surface area contributed by atoms with Gasteiger partial charge in [-0.15, -0.1) is 0 Å². The van der Waals surface area contributed by atoms with Gasteiger partial charge in [-0.2, -0.15) is 5.26 Å². The number of fused-ring (bicyclic) bond motifs is 1. The van der Waals surface area contributed by atoms with Crippen LogP contribution in [-0.4, -0.2) is 23.0 Å². The zero-order valence-corrected chi connectivity index (χ0v) is 15.1. The second-order valence-corrected chi connectivity index (χ2v) is 6.02. The lowest BCUT2D eigenvalue weighted by Gasteiger charge is -2.12. The molecule has 3 aromatic rings. The monoisotopic (exact) mass is 371 g/mol. The third kappa shape index (κ3) is 4.59. The fourth-order valence-electron chi connectivity index (χ4n) is 2.60. The summed E-state index contributed by atoms with van der Waals surface area (Å²) in [6.07, 6.45) is 3.57. The van der Waals surface area contributed by atoms with Gasteiger partial charge in [-0.3, -0.25) is 9.78 Å². The summed E-state index contributed by atoms with van der Waals surface area (Å²) < 4.78 is 5.15. The number of esters is 1. The molecule has 0 aliphatic carbocycles. The van der Waals surface area contributed by atoms with Crippen LogP contribution in [0.15, 0.2) is 66.9 Å². The molecule has 1 amide bonds. The number of pyridine rings is 1. The topological polar surface area (TPSA) is 92.1 Å². The van der Waals surface area contributed by atoms with Gasteiger partial charge in [-0.1, -0.05) is 30.3 Å². The Morgan fingerprint density at radius 1 is 1.18 bits per heavy atom. The molecule has 0 fully saturated rings. The number of anilines is 1. The minimum atomic E-state index is -0.992. The Morgan fingerprint density at radius 3 is 2.79 bits per heavy atom. The first-order valence-electron chi connectivity index (χ1n) is 8.60. The Balaban J connectivity index is 1.62. The molecule has 0 aliphatic heterocycles. The summed E-state index contributed by atoms with van der Waals surface area (Å²) in [6.45, 7) is 1.48. The first kappa shape index (κ1) is 18.8. The predicted octanol–water partition coefficient (Wildman–Crippen LogP) is 3.69. The molecule has 0 bridgehead atoms. The average Bonchev–Trinajstić information content (AvgIpc) is 2.72. The van der Waals surface area contributed by atoms with Gasteiger partial charge < -0.3 is 10.1 Å². The third-order valence-electron chi connectivity index (χ3n) is 3.98. The number of aromatic nitrogens is 1. The van der Waals surface area contributed by atoms with E-state index in [2.05, 4.69) is 10.3 Å². The maximum absolute atomic E-state index is 12.2. The van der Waals surface area contributed by atoms with Gasteiger partial charge >= 0.3 is 5.97 Å². The highest BCUT2D eigenvalue weighted by atomic mass is 16.5. The minimum absolute atomic E-state index is 0.425. The van der Waals surface area contributed by atoms with Gasteiger partial charge in [0.05, 0.1) is 17.1 Å². The average molecular weight is 371 g/mol. The number of benzene rings is 2. The van der Waals surface area contributed by atoms with Crippen LogP contribution in [0.3, 0.4) is 0 Å². The van der Waals surface area contributed by atoms with Gasteiger partial charge in [0, 0.05) is 28.9 Å². The first-order valence-corrected chi connectivity index (χ1v) is 8.60. The molecule has 2 aromatic carbocycles. The molecule has 6 heteroatoms. The van der Waals surface area contributed by atoms with Crippen LogP contribution in [0.25, 0.3) is 17.0 Å². The predicted molar refractivity (Wildman–Crippen MR) is 106 cm³/mol. The molecule has 28 heavy (non-hydrogen) atoms. The molecule has 1 N–H and O–H groups in total. The Kier molecular flexibility index (Phi) is 5.78. The van der Waals surface area contributed by atoms with Crippen molar-refractivity contribution in [3.8, 4) is 6.07 Å². The number of rotatable bonds is 5. The van der Waals surface area contributed by atoms with Gasteiger partial charge in [0.2, 0.25) is 0 Å². The minimum Gasteiger partial charge on any atom is -0.449 e. The molecule has 0 saturated heterocycles. The summed E-state index contributed by atoms with van der Waals surface area (Å²) in [5, 5.41) is 12.5. The molecule has 138 valence electrons. The Morgan fingerprint density at radius 2 is 1.96 bits per heavy atom. The van der Waals surface area contributed by atoms with Gasteiger partial charge in [0.25, 0.3) is 5.91 Å². The van der Waals surface area contributed by atoms with Crippen molar-refractivity contribution in [1.82, 2.24) is 4.98 Å². The van der Waals surface area contributed by atoms with Crippen molar-refractivity contribution < 1.29 is 14.3 Å². The summed E-state index contributed by atoms with van der Waals surface area (Å²) in [6, 6.07) is 17.9. The highest BCUT2D eigenvalue weighted by molar-refractivity contribution is 5.97. The number of hydrogen-bond acceptors (Lipinski definition) is 5. The van der Waals surface area contributed by atoms with Crippen LogP contribution < -0.4 is 5.32 Å². The van der Waals surface area contributed by atoms with Crippen LogP contribution in [0.5, 0.6) is 0 Å². The van der Waals surface area contributed by atoms with Crippen molar-refractivity contribution in [3.63, 3.8) is 0 Å². The molecular weight excluding hydrogens is 354 g/mol. The van der Waals surface area contributed by atoms with E-state index in [1.807, 2.05) is 36.4 Å². The Bertz CT molecular complexity index is 1090. The molecule has 6 nitrogen and oxygen atoms in total. The molecule has 3 rings (SSSR count). The Hall–Kier alpha value is -3.98. The number of nitrogens with zero attached hydrogens (tertiary/aromatic N) is 2. The molecule has 0 saturated carbocycles. The van der Waals surface area contributed by atoms with Crippen LogP contribution in [0, 0.1) is 11.3 Å². The van der Waals surface area contributed by atoms with Crippen LogP contribution >= 0.6 is 0 Å². The fourth-order valence-corrected chi connectivity index (χ4v) is 2.60. The SMILES string of the molecule is C[C@@H](OC(=O)/C=C\c1cccc2cccnc12)C(=O)Nc1cccc(C#N)c1. The number of ether oxygens (including phenoxy) is 1. The number of nitrogens with one attached hydrogen (secondary N) is 1. The maximum atomic E-state index is 12.2. The molecule has 0 aliphatic rings. The van der Waals surface area contributed by atoms with Crippen LogP contribution in [0.1, 0.15) is 18.1 Å². The first-order chi connectivity index (χ1) is 13.6. The zero-order valence-electron chi connectivity index (χ0n) is 15.1. The van der Waals surface area contributed by atoms with Crippen molar-refractivity contribution in [2.75, 3.05) is 5.32 Å².